The molecule has 0 saturated carbocycles. The van der Waals surface area contributed by atoms with Crippen molar-refractivity contribution in [1.82, 2.24) is 9.88 Å². The van der Waals surface area contributed by atoms with E-state index < -0.39 is 6.04 Å². The van der Waals surface area contributed by atoms with Gasteiger partial charge in [0.05, 0.1) is 18.2 Å². The number of piperidine rings is 1. The topological polar surface area (TPSA) is 62.4 Å². The molecule has 0 unspecified atom stereocenters. The predicted molar refractivity (Wildman–Crippen MR) is 79.0 cm³/mol. The molecule has 2 aromatic rings. The van der Waals surface area contributed by atoms with E-state index in [1.54, 1.807) is 11.0 Å². The van der Waals surface area contributed by atoms with Crippen molar-refractivity contribution in [3.63, 3.8) is 0 Å². The van der Waals surface area contributed by atoms with Crippen molar-refractivity contribution in [3.8, 4) is 0 Å². The molecule has 2 heterocycles. The Hall–Kier alpha value is -2.30. The van der Waals surface area contributed by atoms with Gasteiger partial charge in [-0.3, -0.25) is 4.79 Å². The molecular weight excluding hydrogens is 268 g/mol. The summed E-state index contributed by atoms with van der Waals surface area (Å²) in [7, 11) is 1.37. The summed E-state index contributed by atoms with van der Waals surface area (Å²) in [5, 5.41) is 0.993. The van der Waals surface area contributed by atoms with Crippen molar-refractivity contribution in [3.05, 3.63) is 36.0 Å². The van der Waals surface area contributed by atoms with Crippen LogP contribution in [-0.2, 0) is 9.53 Å². The summed E-state index contributed by atoms with van der Waals surface area (Å²) in [5.41, 5.74) is 1.42. The number of methoxy groups -OCH3 is 1. The number of H-pyrrole nitrogens is 1. The second-order valence-electron chi connectivity index (χ2n) is 5.28. The highest BCUT2D eigenvalue weighted by atomic mass is 16.5. The van der Waals surface area contributed by atoms with Gasteiger partial charge >= 0.3 is 5.97 Å². The van der Waals surface area contributed by atoms with Gasteiger partial charge in [-0.2, -0.15) is 0 Å². The first-order chi connectivity index (χ1) is 10.2. The average molecular weight is 286 g/mol. The van der Waals surface area contributed by atoms with Crippen LogP contribution < -0.4 is 0 Å². The lowest BCUT2D eigenvalue weighted by molar-refractivity contribution is -0.147. The van der Waals surface area contributed by atoms with Crippen molar-refractivity contribution in [2.75, 3.05) is 13.7 Å². The molecule has 0 spiro atoms. The minimum absolute atomic E-state index is 0.113. The molecule has 5 heteroatoms. The first kappa shape index (κ1) is 13.7. The molecule has 1 fully saturated rings. The van der Waals surface area contributed by atoms with Gasteiger partial charge in [0.1, 0.15) is 6.04 Å². The van der Waals surface area contributed by atoms with E-state index in [0.29, 0.717) is 18.5 Å². The van der Waals surface area contributed by atoms with Crippen molar-refractivity contribution in [2.45, 2.75) is 25.3 Å². The van der Waals surface area contributed by atoms with Crippen LogP contribution in [-0.4, -0.2) is 41.5 Å². The Kier molecular flexibility index (Phi) is 3.64. The summed E-state index contributed by atoms with van der Waals surface area (Å²) >= 11 is 0. The Morgan fingerprint density at radius 3 is 2.95 bits per heavy atom. The number of likely N-dealkylation sites (tertiary alicyclic amines) is 1. The molecule has 1 aromatic heterocycles. The van der Waals surface area contributed by atoms with Gasteiger partial charge in [-0.1, -0.05) is 12.1 Å². The van der Waals surface area contributed by atoms with E-state index in [4.69, 9.17) is 4.74 Å². The highest BCUT2D eigenvalue weighted by Gasteiger charge is 2.33. The first-order valence-electron chi connectivity index (χ1n) is 7.17. The van der Waals surface area contributed by atoms with Crippen LogP contribution in [0.2, 0.25) is 0 Å². The van der Waals surface area contributed by atoms with Crippen molar-refractivity contribution in [1.29, 1.82) is 0 Å². The van der Waals surface area contributed by atoms with Crippen molar-refractivity contribution < 1.29 is 14.3 Å². The number of nitrogens with one attached hydrogen (secondary N) is 1. The standard InChI is InChI=1S/C16H18N2O3/c1-21-16(20)13-7-2-3-10-18(13)15(19)12-6-4-5-11-8-9-17-14(11)12/h4-6,8-9,13,17H,2-3,7,10H2,1H3/t13-/m1/s1. The zero-order valence-electron chi connectivity index (χ0n) is 12.0. The third-order valence-corrected chi connectivity index (χ3v) is 4.05. The van der Waals surface area contributed by atoms with E-state index in [-0.39, 0.29) is 11.9 Å². The zero-order chi connectivity index (χ0) is 14.8. The van der Waals surface area contributed by atoms with Gasteiger partial charge in [0.2, 0.25) is 0 Å². The highest BCUT2D eigenvalue weighted by molar-refractivity contribution is 6.06. The average Bonchev–Trinajstić information content (AvgIpc) is 3.02. The normalized spacial score (nSPS) is 18.7. The number of rotatable bonds is 2. The van der Waals surface area contributed by atoms with Crippen LogP contribution in [0.1, 0.15) is 29.6 Å². The lowest BCUT2D eigenvalue weighted by Gasteiger charge is -2.33. The molecule has 1 atom stereocenters. The molecule has 1 aromatic carbocycles. The number of esters is 1. The van der Waals surface area contributed by atoms with E-state index >= 15 is 0 Å². The van der Waals surface area contributed by atoms with Crippen LogP contribution in [0.4, 0.5) is 0 Å². The maximum atomic E-state index is 12.8. The lowest BCUT2D eigenvalue weighted by Crippen LogP contribution is -2.48. The molecule has 1 N–H and O–H groups in total. The van der Waals surface area contributed by atoms with Crippen molar-refractivity contribution >= 4 is 22.8 Å². The molecule has 1 saturated heterocycles. The summed E-state index contributed by atoms with van der Waals surface area (Å²) in [6, 6.07) is 7.07. The Morgan fingerprint density at radius 1 is 1.29 bits per heavy atom. The quantitative estimate of drug-likeness (QED) is 0.862. The van der Waals surface area contributed by atoms with Crippen LogP contribution in [0.25, 0.3) is 10.9 Å². The SMILES string of the molecule is COC(=O)[C@H]1CCCCN1C(=O)c1cccc2cc[nH]c12. The summed E-state index contributed by atoms with van der Waals surface area (Å²) in [6.07, 6.45) is 4.34. The summed E-state index contributed by atoms with van der Waals surface area (Å²) in [4.78, 5) is 29.5. The van der Waals surface area contributed by atoms with Crippen LogP contribution in [0.15, 0.2) is 30.5 Å². The number of fused-ring (bicyclic) bond motifs is 1. The van der Waals surface area contributed by atoms with Crippen LogP contribution in [0, 0.1) is 0 Å². The number of aromatic amines is 1. The number of aromatic nitrogens is 1. The molecular formula is C16H18N2O3. The summed E-state index contributed by atoms with van der Waals surface area (Å²) in [6.45, 7) is 0.593. The van der Waals surface area contributed by atoms with E-state index in [9.17, 15) is 9.59 Å². The minimum Gasteiger partial charge on any atom is -0.467 e. The summed E-state index contributed by atoms with van der Waals surface area (Å²) < 4.78 is 4.84. The number of hydrogen-bond donors (Lipinski definition) is 1. The number of carbonyl (C=O) groups is 2. The molecule has 0 radical (unpaired) electrons. The summed E-state index contributed by atoms with van der Waals surface area (Å²) in [5.74, 6) is -0.445. The minimum atomic E-state index is -0.471. The Balaban J connectivity index is 1.96. The molecule has 0 aliphatic carbocycles. The highest BCUT2D eigenvalue weighted by Crippen LogP contribution is 2.24. The number of amides is 1. The monoisotopic (exact) mass is 286 g/mol. The predicted octanol–water partition coefficient (Wildman–Crippen LogP) is 2.34. The maximum absolute atomic E-state index is 12.8. The lowest BCUT2D eigenvalue weighted by atomic mass is 10.0. The van der Waals surface area contributed by atoms with Crippen LogP contribution >= 0.6 is 0 Å². The second kappa shape index (κ2) is 5.60. The third kappa shape index (κ3) is 2.39. The van der Waals surface area contributed by atoms with Gasteiger partial charge in [-0.15, -0.1) is 0 Å². The largest absolute Gasteiger partial charge is 0.467 e. The molecule has 1 aliphatic rings. The Morgan fingerprint density at radius 2 is 2.14 bits per heavy atom. The zero-order valence-corrected chi connectivity index (χ0v) is 12.0. The maximum Gasteiger partial charge on any atom is 0.328 e. The molecule has 0 bridgehead atoms. The third-order valence-electron chi connectivity index (χ3n) is 4.05. The molecule has 1 amide bonds. The van der Waals surface area contributed by atoms with Crippen LogP contribution in [0.5, 0.6) is 0 Å². The fraction of sp³-hybridized carbons (Fsp3) is 0.375. The van der Waals surface area contributed by atoms with Gasteiger partial charge in [-0.25, -0.2) is 4.79 Å². The second-order valence-corrected chi connectivity index (χ2v) is 5.28. The molecule has 1 aliphatic heterocycles. The fourth-order valence-corrected chi connectivity index (χ4v) is 2.97. The molecule has 21 heavy (non-hydrogen) atoms. The Bertz CT molecular complexity index is 677. The van der Waals surface area contributed by atoms with Gasteiger partial charge in [0.15, 0.2) is 0 Å². The number of hydrogen-bond acceptors (Lipinski definition) is 3. The van der Waals surface area contributed by atoms with Gasteiger partial charge in [0.25, 0.3) is 5.91 Å². The molecule has 110 valence electrons. The van der Waals surface area contributed by atoms with Gasteiger partial charge in [-0.05, 0) is 31.4 Å². The van der Waals surface area contributed by atoms with Crippen molar-refractivity contribution in [2.24, 2.45) is 0 Å². The first-order valence-corrected chi connectivity index (χ1v) is 7.17. The molecule has 3 rings (SSSR count). The number of ether oxygens (including phenoxy) is 1. The van der Waals surface area contributed by atoms with E-state index in [0.717, 1.165) is 23.7 Å². The number of nitrogens with zero attached hydrogens (tertiary/aromatic N) is 1. The van der Waals surface area contributed by atoms with E-state index in [1.165, 1.54) is 7.11 Å². The van der Waals surface area contributed by atoms with Crippen LogP contribution in [0.3, 0.4) is 0 Å². The number of benzene rings is 1. The number of carbonyl (C=O) groups excluding carboxylic acids is 2. The fourth-order valence-electron chi connectivity index (χ4n) is 2.97. The van der Waals surface area contributed by atoms with E-state index in [2.05, 4.69) is 4.98 Å². The smallest absolute Gasteiger partial charge is 0.328 e. The van der Waals surface area contributed by atoms with E-state index in [1.807, 2.05) is 24.4 Å². The molecule has 5 nitrogen and oxygen atoms in total. The number of para-hydroxylation sites is 1. The Labute approximate surface area is 122 Å². The van der Waals surface area contributed by atoms with Gasteiger partial charge in [0, 0.05) is 18.1 Å². The van der Waals surface area contributed by atoms with Gasteiger partial charge < -0.3 is 14.6 Å².